The van der Waals surface area contributed by atoms with Crippen LogP contribution in [0, 0.1) is 5.92 Å². The maximum atomic E-state index is 10.6. The van der Waals surface area contributed by atoms with Crippen molar-refractivity contribution < 1.29 is 37.7 Å². The third kappa shape index (κ3) is 6.94. The second-order valence-corrected chi connectivity index (χ2v) is 3.95. The maximum absolute atomic E-state index is 10.6. The number of primary amides is 1. The summed E-state index contributed by atoms with van der Waals surface area (Å²) < 4.78 is 36.7. The number of carboxylic acid groups (broad SMARTS) is 1. The molecule has 10 heteroatoms. The largest absolute Gasteiger partial charge is 0.490 e. The first-order valence-corrected chi connectivity index (χ1v) is 5.16. The van der Waals surface area contributed by atoms with Crippen LogP contribution in [0.1, 0.15) is 6.42 Å². The quantitative estimate of drug-likeness (QED) is 0.514. The molecular weight excluding hydrogens is 273 g/mol. The number of carboxylic acids is 1. The highest BCUT2D eigenvalue weighted by molar-refractivity contribution is 5.79. The average Bonchev–Trinajstić information content (AvgIpc) is 2.21. The zero-order valence-electron chi connectivity index (χ0n) is 9.76. The molecule has 0 saturated carbocycles. The summed E-state index contributed by atoms with van der Waals surface area (Å²) in [5, 5.41) is 16.2. The number of carbonyl (C=O) groups excluding carboxylic acids is 1. The highest BCUT2D eigenvalue weighted by Crippen LogP contribution is 2.16. The summed E-state index contributed by atoms with van der Waals surface area (Å²) in [5.74, 6) is -3.15. The Morgan fingerprint density at radius 1 is 1.37 bits per heavy atom. The highest BCUT2D eigenvalue weighted by Gasteiger charge is 2.38. The van der Waals surface area contributed by atoms with Gasteiger partial charge in [0.2, 0.25) is 5.91 Å². The van der Waals surface area contributed by atoms with Crippen molar-refractivity contribution in [3.63, 3.8) is 0 Å². The van der Waals surface area contributed by atoms with E-state index >= 15 is 0 Å². The fourth-order valence-electron chi connectivity index (χ4n) is 1.15. The first-order chi connectivity index (χ1) is 8.55. The second-order valence-electron chi connectivity index (χ2n) is 3.95. The molecule has 1 saturated heterocycles. The van der Waals surface area contributed by atoms with E-state index in [1.165, 1.54) is 0 Å². The van der Waals surface area contributed by atoms with Crippen molar-refractivity contribution >= 4 is 11.9 Å². The first kappa shape index (κ1) is 17.6. The molecule has 1 amide bonds. The van der Waals surface area contributed by atoms with Gasteiger partial charge in [-0.15, -0.1) is 0 Å². The van der Waals surface area contributed by atoms with Crippen LogP contribution in [-0.2, 0) is 14.3 Å². The Morgan fingerprint density at radius 2 is 1.79 bits per heavy atom. The van der Waals surface area contributed by atoms with Crippen molar-refractivity contribution in [1.29, 1.82) is 0 Å². The summed E-state index contributed by atoms with van der Waals surface area (Å²) in [7, 11) is 0. The van der Waals surface area contributed by atoms with E-state index in [9.17, 15) is 18.0 Å². The lowest BCUT2D eigenvalue weighted by molar-refractivity contribution is -0.192. The molecule has 0 aromatic heterocycles. The molecule has 0 radical (unpaired) electrons. The number of halogens is 3. The Bertz CT molecular complexity index is 319. The van der Waals surface area contributed by atoms with Crippen molar-refractivity contribution in [2.24, 2.45) is 17.4 Å². The van der Waals surface area contributed by atoms with Gasteiger partial charge in [0.1, 0.15) is 6.10 Å². The van der Waals surface area contributed by atoms with Crippen LogP contribution >= 0.6 is 0 Å². The number of aliphatic carboxylic acids is 1. The molecule has 0 aromatic rings. The predicted molar refractivity (Wildman–Crippen MR) is 55.8 cm³/mol. The molecule has 7 nitrogen and oxygen atoms in total. The van der Waals surface area contributed by atoms with Gasteiger partial charge in [0.15, 0.2) is 0 Å². The minimum absolute atomic E-state index is 0.369. The van der Waals surface area contributed by atoms with Gasteiger partial charge in [-0.3, -0.25) is 4.79 Å². The molecule has 112 valence electrons. The van der Waals surface area contributed by atoms with Gasteiger partial charge in [0.05, 0.1) is 13.2 Å². The van der Waals surface area contributed by atoms with E-state index in [2.05, 4.69) is 0 Å². The van der Waals surface area contributed by atoms with Crippen molar-refractivity contribution in [2.75, 3.05) is 13.2 Å². The number of rotatable bonds is 4. The molecule has 1 aliphatic rings. The molecule has 6 N–H and O–H groups in total. The smallest absolute Gasteiger partial charge is 0.475 e. The molecule has 0 aromatic carbocycles. The van der Waals surface area contributed by atoms with Crippen LogP contribution < -0.4 is 11.5 Å². The fraction of sp³-hybridized carbons (Fsp3) is 0.778. The standard InChI is InChI=1S/C7H14N2O3.C2HF3O2/c8-5(6(10)7(9)11)1-4-2-12-3-4;3-2(4,5)1(6)7/h4-6,10H,1-3,8H2,(H2,9,11);(H,6,7). The minimum atomic E-state index is -5.08. The monoisotopic (exact) mass is 288 g/mol. The van der Waals surface area contributed by atoms with Crippen LogP contribution in [0.3, 0.4) is 0 Å². The van der Waals surface area contributed by atoms with E-state index in [4.69, 9.17) is 31.2 Å². The molecule has 0 aliphatic carbocycles. The Kier molecular flexibility index (Phi) is 6.73. The molecular formula is C9H15F3N2O5. The zero-order valence-corrected chi connectivity index (χ0v) is 9.76. The van der Waals surface area contributed by atoms with Crippen LogP contribution in [0.25, 0.3) is 0 Å². The minimum Gasteiger partial charge on any atom is -0.475 e. The normalized spacial score (nSPS) is 18.6. The van der Waals surface area contributed by atoms with Gasteiger partial charge in [0, 0.05) is 12.0 Å². The Labute approximate surface area is 106 Å². The third-order valence-corrected chi connectivity index (χ3v) is 2.25. The van der Waals surface area contributed by atoms with E-state index in [1.807, 2.05) is 0 Å². The Hall–Kier alpha value is -1.39. The van der Waals surface area contributed by atoms with Gasteiger partial charge in [-0.2, -0.15) is 13.2 Å². The highest BCUT2D eigenvalue weighted by atomic mass is 19.4. The van der Waals surface area contributed by atoms with Crippen molar-refractivity contribution in [3.8, 4) is 0 Å². The maximum Gasteiger partial charge on any atom is 0.490 e. The number of hydrogen-bond donors (Lipinski definition) is 4. The third-order valence-electron chi connectivity index (χ3n) is 2.25. The van der Waals surface area contributed by atoms with Gasteiger partial charge in [-0.25, -0.2) is 4.79 Å². The van der Waals surface area contributed by atoms with Crippen LogP contribution in [-0.4, -0.2) is 53.6 Å². The molecule has 0 bridgehead atoms. The topological polar surface area (TPSA) is 136 Å². The predicted octanol–water partition coefficient (Wildman–Crippen LogP) is -1.17. The van der Waals surface area contributed by atoms with E-state index in [1.54, 1.807) is 0 Å². The second kappa shape index (κ2) is 7.26. The van der Waals surface area contributed by atoms with Gasteiger partial charge < -0.3 is 26.4 Å². The molecule has 0 spiro atoms. The lowest BCUT2D eigenvalue weighted by Crippen LogP contribution is -2.47. The summed E-state index contributed by atoms with van der Waals surface area (Å²) in [6.45, 7) is 1.33. The molecule has 1 aliphatic heterocycles. The molecule has 1 fully saturated rings. The molecule has 2 unspecified atom stereocenters. The molecule has 1 heterocycles. The summed E-state index contributed by atoms with van der Waals surface area (Å²) >= 11 is 0. The summed E-state index contributed by atoms with van der Waals surface area (Å²) in [6.07, 6.45) is -5.73. The lowest BCUT2D eigenvalue weighted by Gasteiger charge is -2.29. The number of carbonyl (C=O) groups is 2. The summed E-state index contributed by atoms with van der Waals surface area (Å²) in [4.78, 5) is 19.4. The van der Waals surface area contributed by atoms with Gasteiger partial charge in [-0.05, 0) is 6.42 Å². The van der Waals surface area contributed by atoms with Crippen molar-refractivity contribution in [3.05, 3.63) is 0 Å². The average molecular weight is 288 g/mol. The lowest BCUT2D eigenvalue weighted by atomic mass is 9.95. The Balaban J connectivity index is 0.000000399. The number of nitrogens with two attached hydrogens (primary N) is 2. The van der Waals surface area contributed by atoms with E-state index in [0.717, 1.165) is 0 Å². The number of aliphatic hydroxyl groups is 1. The fourth-order valence-corrected chi connectivity index (χ4v) is 1.15. The van der Waals surface area contributed by atoms with Crippen LogP contribution in [0.4, 0.5) is 13.2 Å². The number of alkyl halides is 3. The summed E-state index contributed by atoms with van der Waals surface area (Å²) in [5.41, 5.74) is 10.4. The summed E-state index contributed by atoms with van der Waals surface area (Å²) in [6, 6.07) is -0.559. The zero-order chi connectivity index (χ0) is 15.2. The SMILES string of the molecule is NC(=O)C(O)C(N)CC1COC1.O=C(O)C(F)(F)F. The van der Waals surface area contributed by atoms with Crippen LogP contribution in [0.2, 0.25) is 0 Å². The number of hydrogen-bond acceptors (Lipinski definition) is 5. The molecule has 2 atom stereocenters. The molecule has 1 rings (SSSR count). The van der Waals surface area contributed by atoms with E-state index in [0.29, 0.717) is 25.6 Å². The van der Waals surface area contributed by atoms with E-state index < -0.39 is 30.2 Å². The van der Waals surface area contributed by atoms with Gasteiger partial charge in [0.25, 0.3) is 0 Å². The number of ether oxygens (including phenoxy) is 1. The van der Waals surface area contributed by atoms with Gasteiger partial charge >= 0.3 is 12.1 Å². The molecule has 19 heavy (non-hydrogen) atoms. The van der Waals surface area contributed by atoms with Crippen molar-refractivity contribution in [1.82, 2.24) is 0 Å². The van der Waals surface area contributed by atoms with Gasteiger partial charge in [-0.1, -0.05) is 0 Å². The Morgan fingerprint density at radius 3 is 2.00 bits per heavy atom. The van der Waals surface area contributed by atoms with Crippen LogP contribution in [0.5, 0.6) is 0 Å². The number of aliphatic hydroxyl groups excluding tert-OH is 1. The first-order valence-electron chi connectivity index (χ1n) is 5.16. The van der Waals surface area contributed by atoms with E-state index in [-0.39, 0.29) is 0 Å². The number of amides is 1. The van der Waals surface area contributed by atoms with Crippen molar-refractivity contribution in [2.45, 2.75) is 24.7 Å². The van der Waals surface area contributed by atoms with Crippen LogP contribution in [0.15, 0.2) is 0 Å².